The molecule has 0 radical (unpaired) electrons. The van der Waals surface area contributed by atoms with Crippen LogP contribution in [0, 0.1) is 13.8 Å². The van der Waals surface area contributed by atoms with Crippen molar-refractivity contribution in [2.45, 2.75) is 20.3 Å². The SMILES string of the molecule is Cc1cc(C)cc(N(C)CCCOc2cccc(N)c2)c1. The first kappa shape index (κ1) is 15.2. The number of rotatable bonds is 6. The lowest BCUT2D eigenvalue weighted by atomic mass is 10.1. The number of nitrogens with two attached hydrogens (primary N) is 1. The fraction of sp³-hybridized carbons (Fsp3) is 0.333. The zero-order valence-corrected chi connectivity index (χ0v) is 13.1. The lowest BCUT2D eigenvalue weighted by molar-refractivity contribution is 0.313. The Labute approximate surface area is 127 Å². The number of benzene rings is 2. The molecule has 0 fully saturated rings. The summed E-state index contributed by atoms with van der Waals surface area (Å²) in [6.45, 7) is 5.92. The highest BCUT2D eigenvalue weighted by atomic mass is 16.5. The molecule has 2 aromatic carbocycles. The van der Waals surface area contributed by atoms with E-state index >= 15 is 0 Å². The molecule has 2 aromatic rings. The van der Waals surface area contributed by atoms with Gasteiger partial charge in [-0.3, -0.25) is 0 Å². The van der Waals surface area contributed by atoms with Crippen molar-refractivity contribution in [1.29, 1.82) is 0 Å². The van der Waals surface area contributed by atoms with Crippen LogP contribution in [-0.4, -0.2) is 20.2 Å². The number of nitrogen functional groups attached to an aromatic ring is 1. The van der Waals surface area contributed by atoms with Crippen molar-refractivity contribution in [3.05, 3.63) is 53.6 Å². The Hall–Kier alpha value is -2.16. The summed E-state index contributed by atoms with van der Waals surface area (Å²) < 4.78 is 5.71. The van der Waals surface area contributed by atoms with Crippen LogP contribution in [0.3, 0.4) is 0 Å². The van der Waals surface area contributed by atoms with Crippen molar-refractivity contribution in [2.24, 2.45) is 0 Å². The molecule has 0 saturated carbocycles. The molecular weight excluding hydrogens is 260 g/mol. The van der Waals surface area contributed by atoms with Crippen LogP contribution < -0.4 is 15.4 Å². The lowest BCUT2D eigenvalue weighted by Gasteiger charge is -2.20. The van der Waals surface area contributed by atoms with Crippen LogP contribution >= 0.6 is 0 Å². The number of ether oxygens (including phenoxy) is 1. The molecule has 0 bridgehead atoms. The van der Waals surface area contributed by atoms with Gasteiger partial charge in [-0.05, 0) is 55.7 Å². The van der Waals surface area contributed by atoms with Gasteiger partial charge in [0, 0.05) is 31.0 Å². The molecule has 0 saturated heterocycles. The molecule has 112 valence electrons. The molecular formula is C18H24N2O. The molecule has 0 heterocycles. The Kier molecular flexibility index (Phi) is 5.09. The molecule has 3 nitrogen and oxygen atoms in total. The second-order valence-corrected chi connectivity index (χ2v) is 5.54. The fourth-order valence-electron chi connectivity index (χ4n) is 2.40. The highest BCUT2D eigenvalue weighted by Crippen LogP contribution is 2.18. The molecule has 0 spiro atoms. The summed E-state index contributed by atoms with van der Waals surface area (Å²) in [6, 6.07) is 14.2. The molecule has 0 aliphatic rings. The minimum Gasteiger partial charge on any atom is -0.493 e. The molecule has 0 unspecified atom stereocenters. The Morgan fingerprint density at radius 3 is 2.43 bits per heavy atom. The van der Waals surface area contributed by atoms with Crippen LogP contribution in [0.1, 0.15) is 17.5 Å². The molecule has 2 rings (SSSR count). The van der Waals surface area contributed by atoms with Gasteiger partial charge in [-0.15, -0.1) is 0 Å². The first-order valence-electron chi connectivity index (χ1n) is 7.32. The van der Waals surface area contributed by atoms with E-state index in [-0.39, 0.29) is 0 Å². The Balaban J connectivity index is 1.80. The van der Waals surface area contributed by atoms with E-state index in [2.05, 4.69) is 44.0 Å². The van der Waals surface area contributed by atoms with Gasteiger partial charge in [0.2, 0.25) is 0 Å². The van der Waals surface area contributed by atoms with E-state index in [1.807, 2.05) is 24.3 Å². The summed E-state index contributed by atoms with van der Waals surface area (Å²) in [4.78, 5) is 2.27. The van der Waals surface area contributed by atoms with E-state index in [4.69, 9.17) is 10.5 Å². The molecule has 0 aliphatic carbocycles. The summed E-state index contributed by atoms with van der Waals surface area (Å²) in [5.41, 5.74) is 10.3. The van der Waals surface area contributed by atoms with Gasteiger partial charge in [0.1, 0.15) is 5.75 Å². The molecule has 21 heavy (non-hydrogen) atoms. The van der Waals surface area contributed by atoms with Crippen molar-refractivity contribution >= 4 is 11.4 Å². The van der Waals surface area contributed by atoms with E-state index < -0.39 is 0 Å². The van der Waals surface area contributed by atoms with Gasteiger partial charge in [0.15, 0.2) is 0 Å². The van der Waals surface area contributed by atoms with Crippen LogP contribution in [0.5, 0.6) is 5.75 Å². The van der Waals surface area contributed by atoms with Crippen LogP contribution in [0.4, 0.5) is 11.4 Å². The van der Waals surface area contributed by atoms with E-state index in [9.17, 15) is 0 Å². The normalized spacial score (nSPS) is 10.4. The van der Waals surface area contributed by atoms with Crippen molar-refractivity contribution in [3.63, 3.8) is 0 Å². The first-order valence-corrected chi connectivity index (χ1v) is 7.32. The van der Waals surface area contributed by atoms with Crippen LogP contribution in [0.25, 0.3) is 0 Å². The van der Waals surface area contributed by atoms with Gasteiger partial charge in [0.05, 0.1) is 6.61 Å². The average molecular weight is 284 g/mol. The maximum absolute atomic E-state index is 5.73. The van der Waals surface area contributed by atoms with Crippen molar-refractivity contribution < 1.29 is 4.74 Å². The molecule has 0 aliphatic heterocycles. The first-order chi connectivity index (χ1) is 10.0. The Morgan fingerprint density at radius 2 is 1.76 bits per heavy atom. The van der Waals surface area contributed by atoms with Crippen LogP contribution in [0.15, 0.2) is 42.5 Å². The third kappa shape index (κ3) is 4.71. The van der Waals surface area contributed by atoms with E-state index in [1.165, 1.54) is 16.8 Å². The fourth-order valence-corrected chi connectivity index (χ4v) is 2.40. The summed E-state index contributed by atoms with van der Waals surface area (Å²) >= 11 is 0. The largest absolute Gasteiger partial charge is 0.493 e. The van der Waals surface area contributed by atoms with Gasteiger partial charge in [-0.2, -0.15) is 0 Å². The van der Waals surface area contributed by atoms with Gasteiger partial charge < -0.3 is 15.4 Å². The third-order valence-corrected chi connectivity index (χ3v) is 3.41. The standard InChI is InChI=1S/C18H24N2O/c1-14-10-15(2)12-17(11-14)20(3)8-5-9-21-18-7-4-6-16(19)13-18/h4,6-7,10-13H,5,8-9,19H2,1-3H3. The van der Waals surface area contributed by atoms with E-state index in [1.54, 1.807) is 0 Å². The quantitative estimate of drug-likeness (QED) is 0.648. The topological polar surface area (TPSA) is 38.5 Å². The second-order valence-electron chi connectivity index (χ2n) is 5.54. The maximum atomic E-state index is 5.73. The summed E-state index contributed by atoms with van der Waals surface area (Å²) in [5, 5.41) is 0. The monoisotopic (exact) mass is 284 g/mol. The second kappa shape index (κ2) is 7.02. The minimum atomic E-state index is 0.693. The molecule has 0 atom stereocenters. The highest BCUT2D eigenvalue weighted by molar-refractivity contribution is 5.50. The summed E-state index contributed by atoms with van der Waals surface area (Å²) in [7, 11) is 2.12. The predicted octanol–water partition coefficient (Wildman–Crippen LogP) is 3.79. The molecule has 3 heteroatoms. The number of nitrogens with zero attached hydrogens (tertiary/aromatic N) is 1. The van der Waals surface area contributed by atoms with Crippen molar-refractivity contribution in [1.82, 2.24) is 0 Å². The Bertz CT molecular complexity index is 575. The maximum Gasteiger partial charge on any atom is 0.121 e. The third-order valence-electron chi connectivity index (χ3n) is 3.41. The highest BCUT2D eigenvalue weighted by Gasteiger charge is 2.03. The van der Waals surface area contributed by atoms with Gasteiger partial charge in [0.25, 0.3) is 0 Å². The van der Waals surface area contributed by atoms with Gasteiger partial charge >= 0.3 is 0 Å². The van der Waals surface area contributed by atoms with Crippen LogP contribution in [-0.2, 0) is 0 Å². The predicted molar refractivity (Wildman–Crippen MR) is 90.2 cm³/mol. The van der Waals surface area contributed by atoms with E-state index in [0.717, 1.165) is 24.4 Å². The summed E-state index contributed by atoms with van der Waals surface area (Å²) in [5.74, 6) is 0.837. The smallest absolute Gasteiger partial charge is 0.121 e. The van der Waals surface area contributed by atoms with Crippen LogP contribution in [0.2, 0.25) is 0 Å². The van der Waals surface area contributed by atoms with Gasteiger partial charge in [-0.1, -0.05) is 12.1 Å². The molecule has 0 amide bonds. The number of hydrogen-bond acceptors (Lipinski definition) is 3. The zero-order chi connectivity index (χ0) is 15.2. The lowest BCUT2D eigenvalue weighted by Crippen LogP contribution is -2.20. The minimum absolute atomic E-state index is 0.693. The number of anilines is 2. The molecule has 0 aromatic heterocycles. The number of aryl methyl sites for hydroxylation is 2. The van der Waals surface area contributed by atoms with Crippen molar-refractivity contribution in [2.75, 3.05) is 30.8 Å². The molecule has 2 N–H and O–H groups in total. The van der Waals surface area contributed by atoms with Crippen molar-refractivity contribution in [3.8, 4) is 5.75 Å². The summed E-state index contributed by atoms with van der Waals surface area (Å²) in [6.07, 6.45) is 0.971. The Morgan fingerprint density at radius 1 is 1.05 bits per heavy atom. The van der Waals surface area contributed by atoms with E-state index in [0.29, 0.717) is 6.61 Å². The zero-order valence-electron chi connectivity index (χ0n) is 13.1. The van der Waals surface area contributed by atoms with Gasteiger partial charge in [-0.25, -0.2) is 0 Å². The number of hydrogen-bond donors (Lipinski definition) is 1. The average Bonchev–Trinajstić information content (AvgIpc) is 2.42.